The lowest BCUT2D eigenvalue weighted by Crippen LogP contribution is -2.45. The van der Waals surface area contributed by atoms with Crippen molar-refractivity contribution in [1.29, 1.82) is 0 Å². The minimum atomic E-state index is 0.317. The number of aromatic nitrogens is 4. The molecule has 28 heavy (non-hydrogen) atoms. The maximum Gasteiger partial charge on any atom is 0.191 e. The predicted octanol–water partition coefficient (Wildman–Crippen LogP) is 0.869. The number of aliphatic imine (C=N–C) groups is 1. The van der Waals surface area contributed by atoms with E-state index in [0.717, 1.165) is 62.5 Å². The number of aryl methyl sites for hydroxylation is 1. The quantitative estimate of drug-likeness (QED) is 0.395. The van der Waals surface area contributed by atoms with E-state index >= 15 is 0 Å². The van der Waals surface area contributed by atoms with Gasteiger partial charge < -0.3 is 24.8 Å². The minimum Gasteiger partial charge on any atom is -0.385 e. The molecule has 2 aromatic rings. The first kappa shape index (κ1) is 20.1. The Morgan fingerprint density at radius 3 is 2.96 bits per heavy atom. The number of hydrogen-bond donors (Lipinski definition) is 2. The number of hydrogen-bond acceptors (Lipinski definition) is 6. The van der Waals surface area contributed by atoms with Crippen molar-refractivity contribution >= 4 is 11.8 Å². The molecule has 1 aliphatic heterocycles. The van der Waals surface area contributed by atoms with E-state index < -0.39 is 0 Å². The third-order valence-corrected chi connectivity index (χ3v) is 4.88. The second-order valence-electron chi connectivity index (χ2n) is 6.92. The van der Waals surface area contributed by atoms with E-state index in [4.69, 9.17) is 9.73 Å². The highest BCUT2D eigenvalue weighted by molar-refractivity contribution is 5.80. The lowest BCUT2D eigenvalue weighted by molar-refractivity contribution is 0.195. The van der Waals surface area contributed by atoms with Crippen molar-refractivity contribution in [2.24, 2.45) is 12.0 Å². The molecule has 3 rings (SSSR count). The Morgan fingerprint density at radius 2 is 2.25 bits per heavy atom. The van der Waals surface area contributed by atoms with E-state index in [-0.39, 0.29) is 0 Å². The Morgan fingerprint density at radius 1 is 1.36 bits per heavy atom. The zero-order chi connectivity index (χ0) is 19.8. The topological polar surface area (TPSA) is 92.5 Å². The molecule has 9 nitrogen and oxygen atoms in total. The second-order valence-corrected chi connectivity index (χ2v) is 6.92. The van der Waals surface area contributed by atoms with Crippen LogP contribution in [0.3, 0.4) is 0 Å². The van der Waals surface area contributed by atoms with Crippen molar-refractivity contribution in [3.8, 4) is 0 Å². The summed E-state index contributed by atoms with van der Waals surface area (Å²) in [6.07, 6.45) is 3.80. The van der Waals surface area contributed by atoms with E-state index in [1.54, 1.807) is 7.11 Å². The number of rotatable bonds is 8. The molecule has 0 aromatic carbocycles. The Balaban J connectivity index is 1.60. The number of nitrogens with zero attached hydrogens (tertiary/aromatic N) is 6. The lowest BCUT2D eigenvalue weighted by atomic mass is 10.3. The summed E-state index contributed by atoms with van der Waals surface area (Å²) in [7, 11) is 3.68. The van der Waals surface area contributed by atoms with Gasteiger partial charge in [0.05, 0.1) is 0 Å². The molecular formula is C19H30N8O. The summed E-state index contributed by atoms with van der Waals surface area (Å²) in [5.74, 6) is 3.55. The third kappa shape index (κ3) is 5.41. The van der Waals surface area contributed by atoms with Crippen LogP contribution >= 0.6 is 0 Å². The van der Waals surface area contributed by atoms with E-state index in [1.165, 1.54) is 0 Å². The summed E-state index contributed by atoms with van der Waals surface area (Å²) in [5.41, 5.74) is 0. The molecule has 3 heterocycles. The molecule has 1 unspecified atom stereocenters. The smallest absolute Gasteiger partial charge is 0.191 e. The third-order valence-electron chi connectivity index (χ3n) is 4.88. The molecule has 0 spiro atoms. The number of pyridine rings is 1. The summed E-state index contributed by atoms with van der Waals surface area (Å²) >= 11 is 0. The Kier molecular flexibility index (Phi) is 7.18. The first-order valence-corrected chi connectivity index (χ1v) is 9.72. The van der Waals surface area contributed by atoms with Crippen LogP contribution in [0.1, 0.15) is 24.5 Å². The molecule has 1 saturated heterocycles. The Labute approximate surface area is 166 Å². The van der Waals surface area contributed by atoms with Gasteiger partial charge in [0, 0.05) is 52.6 Å². The molecule has 0 bridgehead atoms. The molecule has 1 atom stereocenters. The highest BCUT2D eigenvalue weighted by Gasteiger charge is 2.24. The highest BCUT2D eigenvalue weighted by atomic mass is 16.5. The summed E-state index contributed by atoms with van der Waals surface area (Å²) < 4.78 is 7.10. The summed E-state index contributed by atoms with van der Waals surface area (Å²) in [6, 6.07) is 6.34. The molecule has 1 aliphatic rings. The van der Waals surface area contributed by atoms with Crippen molar-refractivity contribution in [1.82, 2.24) is 30.4 Å². The van der Waals surface area contributed by atoms with Gasteiger partial charge in [0.2, 0.25) is 0 Å². The SMILES string of the molecule is COCCCNC(=NCc1nnc(C)n1C)NC1CCN(c2ccccn2)C1. The Bertz CT molecular complexity index is 761. The van der Waals surface area contributed by atoms with Gasteiger partial charge in [0.15, 0.2) is 11.8 Å². The van der Waals surface area contributed by atoms with Crippen LogP contribution < -0.4 is 15.5 Å². The van der Waals surface area contributed by atoms with Crippen molar-refractivity contribution in [3.63, 3.8) is 0 Å². The van der Waals surface area contributed by atoms with Crippen molar-refractivity contribution in [3.05, 3.63) is 36.0 Å². The van der Waals surface area contributed by atoms with E-state index in [2.05, 4.69) is 36.8 Å². The fraction of sp³-hybridized carbons (Fsp3) is 0.579. The van der Waals surface area contributed by atoms with E-state index in [0.29, 0.717) is 12.6 Å². The average Bonchev–Trinajstić information content (AvgIpc) is 3.31. The maximum absolute atomic E-state index is 5.13. The largest absolute Gasteiger partial charge is 0.385 e. The van der Waals surface area contributed by atoms with Gasteiger partial charge in [-0.2, -0.15) is 0 Å². The van der Waals surface area contributed by atoms with Crippen molar-refractivity contribution in [2.45, 2.75) is 32.4 Å². The van der Waals surface area contributed by atoms with Crippen LogP contribution in [-0.2, 0) is 18.3 Å². The number of guanidine groups is 1. The highest BCUT2D eigenvalue weighted by Crippen LogP contribution is 2.17. The van der Waals surface area contributed by atoms with Crippen LogP contribution in [0.2, 0.25) is 0 Å². The summed E-state index contributed by atoms with van der Waals surface area (Å²) in [5, 5.41) is 15.3. The van der Waals surface area contributed by atoms with Crippen LogP contribution in [0.5, 0.6) is 0 Å². The number of nitrogens with one attached hydrogen (secondary N) is 2. The first-order chi connectivity index (χ1) is 13.7. The van der Waals surface area contributed by atoms with Crippen LogP contribution in [0, 0.1) is 6.92 Å². The van der Waals surface area contributed by atoms with Gasteiger partial charge in [-0.1, -0.05) is 6.07 Å². The maximum atomic E-state index is 5.13. The Hall–Kier alpha value is -2.68. The van der Waals surface area contributed by atoms with Crippen LogP contribution in [-0.4, -0.2) is 65.1 Å². The number of methoxy groups -OCH3 is 1. The molecule has 0 saturated carbocycles. The standard InChI is InChI=1S/C19H30N8O/c1-15-24-25-18(26(15)2)13-22-19(21-10-6-12-28-3)23-16-8-11-27(14-16)17-7-4-5-9-20-17/h4-5,7,9,16H,6,8,10-14H2,1-3H3,(H2,21,22,23). The van der Waals surface area contributed by atoms with Crippen molar-refractivity contribution < 1.29 is 4.74 Å². The van der Waals surface area contributed by atoms with Gasteiger partial charge in [0.25, 0.3) is 0 Å². The fourth-order valence-electron chi connectivity index (χ4n) is 3.13. The van der Waals surface area contributed by atoms with Crippen LogP contribution in [0.25, 0.3) is 0 Å². The van der Waals surface area contributed by atoms with Crippen molar-refractivity contribution in [2.75, 3.05) is 38.3 Å². The molecular weight excluding hydrogens is 356 g/mol. The second kappa shape index (κ2) is 10.0. The summed E-state index contributed by atoms with van der Waals surface area (Å²) in [4.78, 5) is 11.5. The van der Waals surface area contributed by atoms with Gasteiger partial charge in [0.1, 0.15) is 18.2 Å². The normalized spacial score (nSPS) is 17.2. The monoisotopic (exact) mass is 386 g/mol. The molecule has 9 heteroatoms. The molecule has 0 radical (unpaired) electrons. The zero-order valence-electron chi connectivity index (χ0n) is 16.9. The van der Waals surface area contributed by atoms with Gasteiger partial charge in [-0.15, -0.1) is 10.2 Å². The van der Waals surface area contributed by atoms with Gasteiger partial charge >= 0.3 is 0 Å². The number of anilines is 1. The summed E-state index contributed by atoms with van der Waals surface area (Å²) in [6.45, 7) is 5.82. The molecule has 0 amide bonds. The lowest BCUT2D eigenvalue weighted by Gasteiger charge is -2.20. The van der Waals surface area contributed by atoms with Gasteiger partial charge in [-0.3, -0.25) is 0 Å². The van der Waals surface area contributed by atoms with E-state index in [9.17, 15) is 0 Å². The van der Waals surface area contributed by atoms with Crippen LogP contribution in [0.4, 0.5) is 5.82 Å². The molecule has 2 aromatic heterocycles. The van der Waals surface area contributed by atoms with Crippen LogP contribution in [0.15, 0.2) is 29.4 Å². The molecule has 1 fully saturated rings. The average molecular weight is 387 g/mol. The zero-order valence-corrected chi connectivity index (χ0v) is 16.9. The van der Waals surface area contributed by atoms with Gasteiger partial charge in [-0.25, -0.2) is 9.98 Å². The fourth-order valence-corrected chi connectivity index (χ4v) is 3.13. The molecule has 152 valence electrons. The minimum absolute atomic E-state index is 0.317. The number of ether oxygens (including phenoxy) is 1. The molecule has 0 aliphatic carbocycles. The van der Waals surface area contributed by atoms with E-state index in [1.807, 2.05) is 36.9 Å². The van der Waals surface area contributed by atoms with Gasteiger partial charge in [-0.05, 0) is 31.9 Å². The predicted molar refractivity (Wildman–Crippen MR) is 109 cm³/mol. The molecule has 2 N–H and O–H groups in total. The first-order valence-electron chi connectivity index (χ1n) is 9.72.